The molecular formula is C19H30N4O8. The molecule has 12 nitrogen and oxygen atoms in total. The fraction of sp³-hybridized carbons (Fsp3) is 0.474. The number of nitrogens with two attached hydrogens (primary N) is 3. The Bertz CT molecular complexity index is 720. The average molecular weight is 442 g/mol. The smallest absolute Gasteiger partial charge is 0.320 e. The van der Waals surface area contributed by atoms with E-state index in [9.17, 15) is 19.2 Å². The Morgan fingerprint density at radius 2 is 1.55 bits per heavy atom. The molecule has 1 aliphatic rings. The van der Waals surface area contributed by atoms with Crippen molar-refractivity contribution in [3.8, 4) is 5.75 Å². The van der Waals surface area contributed by atoms with E-state index in [1.807, 2.05) is 0 Å². The van der Waals surface area contributed by atoms with Gasteiger partial charge in [-0.25, -0.2) is 0 Å². The van der Waals surface area contributed by atoms with E-state index < -0.39 is 35.9 Å². The summed E-state index contributed by atoms with van der Waals surface area (Å²) < 4.78 is 0. The molecule has 1 aromatic carbocycles. The molecular weight excluding hydrogens is 412 g/mol. The number of phenolic OH excluding ortho intramolecular Hbond substituents is 1. The summed E-state index contributed by atoms with van der Waals surface area (Å²) in [7, 11) is 0. The summed E-state index contributed by atoms with van der Waals surface area (Å²) in [5, 5.41) is 36.9. The molecule has 0 radical (unpaired) electrons. The van der Waals surface area contributed by atoms with Gasteiger partial charge in [0.05, 0.1) is 0 Å². The predicted molar refractivity (Wildman–Crippen MR) is 110 cm³/mol. The molecule has 1 heterocycles. The van der Waals surface area contributed by atoms with Crippen molar-refractivity contribution in [2.75, 3.05) is 6.54 Å². The molecule has 2 unspecified atom stereocenters. The van der Waals surface area contributed by atoms with Crippen LogP contribution in [0.2, 0.25) is 0 Å². The molecule has 1 aromatic rings. The number of hydrogen-bond acceptors (Lipinski definition) is 8. The normalized spacial score (nSPS) is 16.5. The first-order valence-corrected chi connectivity index (χ1v) is 9.43. The number of amides is 1. The van der Waals surface area contributed by atoms with Crippen molar-refractivity contribution in [1.82, 2.24) is 5.32 Å². The fourth-order valence-corrected chi connectivity index (χ4v) is 2.29. The molecule has 11 N–H and O–H groups in total. The highest BCUT2D eigenvalue weighted by Crippen LogP contribution is 2.10. The largest absolute Gasteiger partial charge is 0.508 e. The van der Waals surface area contributed by atoms with Gasteiger partial charge in [0.1, 0.15) is 23.9 Å². The van der Waals surface area contributed by atoms with Gasteiger partial charge in [0.2, 0.25) is 5.91 Å². The van der Waals surface area contributed by atoms with E-state index in [1.54, 1.807) is 12.1 Å². The predicted octanol–water partition coefficient (Wildman–Crippen LogP) is -1.17. The second kappa shape index (κ2) is 14.7. The van der Waals surface area contributed by atoms with Gasteiger partial charge in [-0.1, -0.05) is 12.1 Å². The number of phenols is 1. The Kier molecular flexibility index (Phi) is 13.2. The van der Waals surface area contributed by atoms with Gasteiger partial charge in [0, 0.05) is 6.42 Å². The second-order valence-corrected chi connectivity index (χ2v) is 6.75. The van der Waals surface area contributed by atoms with Crippen molar-refractivity contribution >= 4 is 23.8 Å². The number of carboxylic acid groups (broad SMARTS) is 3. The van der Waals surface area contributed by atoms with E-state index in [0.29, 0.717) is 0 Å². The van der Waals surface area contributed by atoms with E-state index in [-0.39, 0.29) is 31.1 Å². The zero-order valence-corrected chi connectivity index (χ0v) is 16.9. The van der Waals surface area contributed by atoms with E-state index in [2.05, 4.69) is 5.32 Å². The lowest BCUT2D eigenvalue weighted by atomic mass is 10.1. The molecule has 1 amide bonds. The first kappa shape index (κ1) is 27.8. The van der Waals surface area contributed by atoms with Crippen LogP contribution in [0.15, 0.2) is 24.3 Å². The van der Waals surface area contributed by atoms with E-state index >= 15 is 0 Å². The summed E-state index contributed by atoms with van der Waals surface area (Å²) in [5.74, 6) is -3.22. The minimum atomic E-state index is -1.11. The number of aromatic hydroxyl groups is 1. The quantitative estimate of drug-likeness (QED) is 0.238. The van der Waals surface area contributed by atoms with E-state index in [4.69, 9.17) is 37.6 Å². The van der Waals surface area contributed by atoms with E-state index in [1.165, 1.54) is 12.1 Å². The van der Waals surface area contributed by atoms with E-state index in [0.717, 1.165) is 24.9 Å². The van der Waals surface area contributed by atoms with Crippen LogP contribution in [-0.4, -0.2) is 68.9 Å². The number of primary amides is 1. The summed E-state index contributed by atoms with van der Waals surface area (Å²) in [6.45, 7) is 0.858. The maximum atomic E-state index is 10.4. The number of carbonyl (C=O) groups is 4. The summed E-state index contributed by atoms with van der Waals surface area (Å²) >= 11 is 0. The van der Waals surface area contributed by atoms with Crippen LogP contribution >= 0.6 is 0 Å². The number of nitrogens with one attached hydrogen (secondary N) is 1. The Hall–Kier alpha value is -3.22. The highest BCUT2D eigenvalue weighted by molar-refractivity contribution is 5.77. The first-order chi connectivity index (χ1) is 14.4. The fourth-order valence-electron chi connectivity index (χ4n) is 2.29. The van der Waals surface area contributed by atoms with Crippen LogP contribution in [-0.2, 0) is 25.6 Å². The van der Waals surface area contributed by atoms with Gasteiger partial charge in [0.15, 0.2) is 0 Å². The van der Waals surface area contributed by atoms with Crippen LogP contribution in [0.1, 0.15) is 31.2 Å². The maximum absolute atomic E-state index is 10.4. The van der Waals surface area contributed by atoms with Crippen LogP contribution in [0.25, 0.3) is 0 Å². The van der Waals surface area contributed by atoms with Crippen LogP contribution in [0, 0.1) is 0 Å². The molecule has 0 saturated carbocycles. The molecule has 12 heteroatoms. The molecule has 1 aliphatic heterocycles. The monoisotopic (exact) mass is 442 g/mol. The van der Waals surface area contributed by atoms with Gasteiger partial charge >= 0.3 is 17.9 Å². The average Bonchev–Trinajstić information content (AvgIpc) is 3.24. The SMILES string of the molecule is NC(=O)CCC(N)C(=O)O.NC(Cc1ccc(O)cc1)C(=O)O.O=C(O)[C@@H]1CCCN1. The van der Waals surface area contributed by atoms with Crippen molar-refractivity contribution < 1.29 is 39.6 Å². The Balaban J connectivity index is 0.000000450. The van der Waals surface area contributed by atoms with Gasteiger partial charge < -0.3 is 42.9 Å². The summed E-state index contributed by atoms with van der Waals surface area (Å²) in [4.78, 5) is 40.7. The summed E-state index contributed by atoms with van der Waals surface area (Å²) in [6, 6.07) is 4.18. The van der Waals surface area contributed by atoms with Crippen molar-refractivity contribution in [2.24, 2.45) is 17.2 Å². The van der Waals surface area contributed by atoms with Crippen molar-refractivity contribution in [3.05, 3.63) is 29.8 Å². The lowest BCUT2D eigenvalue weighted by molar-refractivity contribution is -0.139. The highest BCUT2D eigenvalue weighted by Gasteiger charge is 2.20. The molecule has 31 heavy (non-hydrogen) atoms. The zero-order valence-electron chi connectivity index (χ0n) is 16.9. The number of hydrogen-bond donors (Lipinski definition) is 8. The third kappa shape index (κ3) is 13.6. The lowest BCUT2D eigenvalue weighted by Gasteiger charge is -2.05. The minimum Gasteiger partial charge on any atom is -0.508 e. The standard InChI is InChI=1S/C9H11NO3.C5H10N2O3.C5H9NO2/c10-8(9(12)13)5-6-1-3-7(11)4-2-6;6-3(5(9)10)1-2-4(7)8;7-5(8)4-2-1-3-6-4/h1-4,8,11H,5,10H2,(H,12,13);3H,1-2,6H2,(H2,7,8)(H,9,10);4,6H,1-3H2,(H,7,8)/t;;4-/m..0/s1. The molecule has 2 rings (SSSR count). The number of carboxylic acids is 3. The topological polar surface area (TPSA) is 239 Å². The molecule has 0 aromatic heterocycles. The molecule has 0 bridgehead atoms. The number of carbonyl (C=O) groups excluding carboxylic acids is 1. The van der Waals surface area contributed by atoms with Crippen LogP contribution in [0.4, 0.5) is 0 Å². The molecule has 174 valence electrons. The van der Waals surface area contributed by atoms with Gasteiger partial charge in [-0.15, -0.1) is 0 Å². The molecule has 3 atom stereocenters. The first-order valence-electron chi connectivity index (χ1n) is 9.43. The Morgan fingerprint density at radius 3 is 1.90 bits per heavy atom. The van der Waals surface area contributed by atoms with Crippen LogP contribution in [0.5, 0.6) is 5.75 Å². The van der Waals surface area contributed by atoms with Crippen molar-refractivity contribution in [3.63, 3.8) is 0 Å². The number of rotatable bonds is 8. The molecule has 0 aliphatic carbocycles. The Morgan fingerprint density at radius 1 is 1.00 bits per heavy atom. The third-order valence-electron chi connectivity index (χ3n) is 4.09. The van der Waals surface area contributed by atoms with Gasteiger partial charge in [-0.2, -0.15) is 0 Å². The zero-order chi connectivity index (χ0) is 24.0. The number of benzene rings is 1. The Labute approximate surface area is 179 Å². The highest BCUT2D eigenvalue weighted by atomic mass is 16.4. The van der Waals surface area contributed by atoms with Gasteiger partial charge in [-0.3, -0.25) is 19.2 Å². The summed E-state index contributed by atoms with van der Waals surface area (Å²) in [5.41, 5.74) is 15.9. The van der Waals surface area contributed by atoms with Crippen molar-refractivity contribution in [1.29, 1.82) is 0 Å². The van der Waals surface area contributed by atoms with Crippen LogP contribution < -0.4 is 22.5 Å². The van der Waals surface area contributed by atoms with Crippen LogP contribution in [0.3, 0.4) is 0 Å². The second-order valence-electron chi connectivity index (χ2n) is 6.75. The molecule has 1 saturated heterocycles. The van der Waals surface area contributed by atoms with Crippen molar-refractivity contribution in [2.45, 2.75) is 50.2 Å². The number of aliphatic carboxylic acids is 3. The molecule has 1 fully saturated rings. The third-order valence-corrected chi connectivity index (χ3v) is 4.09. The van der Waals surface area contributed by atoms with Gasteiger partial charge in [0.25, 0.3) is 0 Å². The maximum Gasteiger partial charge on any atom is 0.320 e. The minimum absolute atomic E-state index is 0.0213. The van der Waals surface area contributed by atoms with Gasteiger partial charge in [-0.05, 0) is 49.9 Å². The molecule has 0 spiro atoms. The lowest BCUT2D eigenvalue weighted by Crippen LogP contribution is -2.32. The summed E-state index contributed by atoms with van der Waals surface area (Å²) in [6.07, 6.45) is 2.18.